The summed E-state index contributed by atoms with van der Waals surface area (Å²) in [5.74, 6) is -0.703. The van der Waals surface area contributed by atoms with E-state index in [2.05, 4.69) is 0 Å². The van der Waals surface area contributed by atoms with Gasteiger partial charge in [-0.2, -0.15) is 0 Å². The van der Waals surface area contributed by atoms with Crippen molar-refractivity contribution in [2.24, 2.45) is 0 Å². The predicted molar refractivity (Wildman–Crippen MR) is 42.9 cm³/mol. The van der Waals surface area contributed by atoms with E-state index in [0.29, 0.717) is 11.1 Å². The van der Waals surface area contributed by atoms with Crippen LogP contribution in [0.2, 0.25) is 0 Å². The summed E-state index contributed by atoms with van der Waals surface area (Å²) in [5, 5.41) is 0. The molecular weight excluding hydrogens is 241 g/mol. The van der Waals surface area contributed by atoms with Gasteiger partial charge < -0.3 is 9.59 Å². The van der Waals surface area contributed by atoms with Gasteiger partial charge >= 0.3 is 32.7 Å². The van der Waals surface area contributed by atoms with Crippen LogP contribution in [0.3, 0.4) is 0 Å². The van der Waals surface area contributed by atoms with Crippen LogP contribution in [0.4, 0.5) is 0 Å². The molecule has 0 radical (unpaired) electrons. The van der Waals surface area contributed by atoms with Gasteiger partial charge in [0.25, 0.3) is 0 Å². The minimum Gasteiger partial charge on any atom is -0.365 e. The summed E-state index contributed by atoms with van der Waals surface area (Å²) in [6.45, 7) is 5.29. The normalized spacial score (nSPS) is 14.0. The maximum absolute atomic E-state index is 11.2. The number of allylic oxidation sites excluding steroid dienone is 1. The van der Waals surface area contributed by atoms with E-state index in [-0.39, 0.29) is 49.8 Å². The van der Waals surface area contributed by atoms with Crippen LogP contribution in [0.5, 0.6) is 0 Å². The number of rotatable bonds is 0. The second-order valence-electron chi connectivity index (χ2n) is 2.62. The molecule has 0 saturated carbocycles. The summed E-state index contributed by atoms with van der Waals surface area (Å²) in [4.78, 5) is 22.4. The molecule has 0 N–H and O–H groups in total. The molecule has 0 saturated heterocycles. The Bertz CT molecular complexity index is 370. The first-order valence-corrected chi connectivity index (χ1v) is 3.52. The standard InChI is InChI=1S/C10H5O2.Y/c1-6-9(11)7-4-2-3-5-8(7)10(6)12;/h1-5H;/q-1;+3. The molecule has 0 aromatic heterocycles. The van der Waals surface area contributed by atoms with Gasteiger partial charge in [0.1, 0.15) is 0 Å². The van der Waals surface area contributed by atoms with Crippen LogP contribution >= 0.6 is 0 Å². The zero-order valence-corrected chi connectivity index (χ0v) is 9.62. The van der Waals surface area contributed by atoms with E-state index in [1.54, 1.807) is 24.3 Å². The fourth-order valence-corrected chi connectivity index (χ4v) is 1.27. The van der Waals surface area contributed by atoms with E-state index in [1.807, 2.05) is 0 Å². The molecule has 2 nitrogen and oxygen atoms in total. The molecule has 1 aliphatic carbocycles. The van der Waals surface area contributed by atoms with E-state index < -0.39 is 0 Å². The molecule has 0 amide bonds. The monoisotopic (exact) mass is 246 g/mol. The summed E-state index contributed by atoms with van der Waals surface area (Å²) >= 11 is 0. The van der Waals surface area contributed by atoms with Crippen LogP contribution in [0.1, 0.15) is 20.7 Å². The predicted octanol–water partition coefficient (Wildman–Crippen LogP) is 1.42. The van der Waals surface area contributed by atoms with Gasteiger partial charge in [-0.1, -0.05) is 24.3 Å². The first kappa shape index (κ1) is 10.5. The molecule has 2 rings (SSSR count). The summed E-state index contributed by atoms with van der Waals surface area (Å²) in [6.07, 6.45) is 0. The fraction of sp³-hybridized carbons (Fsp3) is 0. The average molecular weight is 246 g/mol. The maximum atomic E-state index is 11.2. The van der Waals surface area contributed by atoms with Gasteiger partial charge in [-0.05, 0) is 11.1 Å². The Balaban J connectivity index is 0.000000845. The van der Waals surface area contributed by atoms with Crippen LogP contribution in [0.15, 0.2) is 29.8 Å². The molecular formula is C10H5O2Y+2. The van der Waals surface area contributed by atoms with Gasteiger partial charge in [-0.15, -0.1) is 5.57 Å². The quantitative estimate of drug-likeness (QED) is 0.394. The minimum atomic E-state index is -0.351. The molecule has 1 aromatic rings. The van der Waals surface area contributed by atoms with Crippen molar-refractivity contribution in [3.8, 4) is 0 Å². The summed E-state index contributed by atoms with van der Waals surface area (Å²) in [5.41, 5.74) is 0.663. The summed E-state index contributed by atoms with van der Waals surface area (Å²) in [7, 11) is 0. The molecule has 0 aliphatic heterocycles. The zero-order valence-electron chi connectivity index (χ0n) is 6.78. The van der Waals surface area contributed by atoms with Crippen molar-refractivity contribution in [1.82, 2.24) is 0 Å². The van der Waals surface area contributed by atoms with Crippen LogP contribution < -0.4 is 0 Å². The maximum Gasteiger partial charge on any atom is 3.00 e. The van der Waals surface area contributed by atoms with Crippen molar-refractivity contribution in [3.63, 3.8) is 0 Å². The smallest absolute Gasteiger partial charge is 0.365 e. The second kappa shape index (κ2) is 3.64. The molecule has 0 fully saturated rings. The first-order valence-electron chi connectivity index (χ1n) is 3.52. The third-order valence-corrected chi connectivity index (χ3v) is 1.91. The molecule has 1 aliphatic rings. The Kier molecular flexibility index (Phi) is 2.94. The van der Waals surface area contributed by atoms with Crippen LogP contribution in [-0.2, 0) is 32.7 Å². The molecule has 13 heavy (non-hydrogen) atoms. The van der Waals surface area contributed by atoms with Crippen molar-refractivity contribution in [3.05, 3.63) is 47.5 Å². The molecule has 0 bridgehead atoms. The van der Waals surface area contributed by atoms with E-state index in [0.717, 1.165) is 0 Å². The number of benzene rings is 1. The SMILES string of the molecule is [CH-]=C1C(=O)c2ccccc2C1=O.[Y+3]. The number of hydrogen-bond acceptors (Lipinski definition) is 2. The molecule has 0 heterocycles. The number of Topliss-reactive ketones (excluding diaryl/α,β-unsaturated/α-hetero) is 2. The Morgan fingerprint density at radius 3 is 1.69 bits per heavy atom. The molecule has 3 heteroatoms. The molecule has 58 valence electrons. The molecule has 1 aromatic carbocycles. The molecule has 0 atom stereocenters. The first-order chi connectivity index (χ1) is 5.72. The Morgan fingerprint density at radius 2 is 1.31 bits per heavy atom. The van der Waals surface area contributed by atoms with Crippen LogP contribution in [0.25, 0.3) is 0 Å². The van der Waals surface area contributed by atoms with Gasteiger partial charge in [-0.3, -0.25) is 0 Å². The van der Waals surface area contributed by atoms with Crippen molar-refractivity contribution in [2.45, 2.75) is 0 Å². The third kappa shape index (κ3) is 1.45. The van der Waals surface area contributed by atoms with Crippen molar-refractivity contribution in [2.75, 3.05) is 0 Å². The number of carbonyl (C=O) groups is 2. The Morgan fingerprint density at radius 1 is 0.923 bits per heavy atom. The summed E-state index contributed by atoms with van der Waals surface area (Å²) < 4.78 is 0. The van der Waals surface area contributed by atoms with Gasteiger partial charge in [0, 0.05) is 0 Å². The van der Waals surface area contributed by atoms with Crippen molar-refractivity contribution >= 4 is 11.6 Å². The Labute approximate surface area is 101 Å². The van der Waals surface area contributed by atoms with Gasteiger partial charge in [0.05, 0.1) is 11.6 Å². The number of fused-ring (bicyclic) bond motifs is 1. The van der Waals surface area contributed by atoms with E-state index in [1.165, 1.54) is 0 Å². The van der Waals surface area contributed by atoms with Gasteiger partial charge in [-0.25, -0.2) is 6.58 Å². The van der Waals surface area contributed by atoms with Crippen LogP contribution in [0, 0.1) is 6.58 Å². The third-order valence-electron chi connectivity index (χ3n) is 1.91. The van der Waals surface area contributed by atoms with Crippen LogP contribution in [-0.4, -0.2) is 11.6 Å². The van der Waals surface area contributed by atoms with E-state index in [4.69, 9.17) is 6.58 Å². The minimum absolute atomic E-state index is 0. The van der Waals surface area contributed by atoms with E-state index >= 15 is 0 Å². The van der Waals surface area contributed by atoms with Crippen molar-refractivity contribution < 1.29 is 42.3 Å². The fourth-order valence-electron chi connectivity index (χ4n) is 1.27. The Hall–Kier alpha value is -0.596. The number of carbonyl (C=O) groups excluding carboxylic acids is 2. The second-order valence-corrected chi connectivity index (χ2v) is 2.62. The van der Waals surface area contributed by atoms with Gasteiger partial charge in [0.15, 0.2) is 0 Å². The number of hydrogen-bond donors (Lipinski definition) is 0. The zero-order chi connectivity index (χ0) is 8.72. The van der Waals surface area contributed by atoms with Crippen molar-refractivity contribution in [1.29, 1.82) is 0 Å². The van der Waals surface area contributed by atoms with E-state index in [9.17, 15) is 9.59 Å². The van der Waals surface area contributed by atoms with Gasteiger partial charge in [0.2, 0.25) is 0 Å². The number of ketones is 2. The molecule has 0 spiro atoms. The largest absolute Gasteiger partial charge is 3.00 e. The average Bonchev–Trinajstić information content (AvgIpc) is 2.33. The topological polar surface area (TPSA) is 34.1 Å². The molecule has 0 unspecified atom stereocenters. The summed E-state index contributed by atoms with van der Waals surface area (Å²) in [6, 6.07) is 6.64.